The average molecular weight is 429 g/mol. The molecule has 0 radical (unpaired) electrons. The first-order valence-electron chi connectivity index (χ1n) is 10.3. The molecule has 0 amide bonds. The van der Waals surface area contributed by atoms with Gasteiger partial charge in [0.05, 0.1) is 18.2 Å². The molecule has 4 rings (SSSR count). The number of benzene rings is 3. The van der Waals surface area contributed by atoms with Crippen LogP contribution in [0.3, 0.4) is 0 Å². The number of ether oxygens (including phenoxy) is 1. The first-order chi connectivity index (χ1) is 15.6. The summed E-state index contributed by atoms with van der Waals surface area (Å²) in [6.45, 7) is 0. The van der Waals surface area contributed by atoms with Crippen LogP contribution < -0.4 is 5.73 Å². The van der Waals surface area contributed by atoms with Crippen molar-refractivity contribution in [1.29, 1.82) is 0 Å². The van der Waals surface area contributed by atoms with Crippen LogP contribution in [0, 0.1) is 5.82 Å². The second-order valence-corrected chi connectivity index (χ2v) is 7.57. The van der Waals surface area contributed by atoms with E-state index >= 15 is 0 Å². The number of carbonyl (C=O) groups excluding carboxylic acids is 1. The first-order valence-corrected chi connectivity index (χ1v) is 10.3. The monoisotopic (exact) mass is 429 g/mol. The van der Waals surface area contributed by atoms with Crippen molar-refractivity contribution >= 4 is 5.97 Å². The summed E-state index contributed by atoms with van der Waals surface area (Å²) in [5.74, 6) is -0.242. The van der Waals surface area contributed by atoms with Crippen molar-refractivity contribution in [3.8, 4) is 0 Å². The lowest BCUT2D eigenvalue weighted by Gasteiger charge is -2.35. The zero-order valence-corrected chi connectivity index (χ0v) is 17.7. The Bertz CT molecular complexity index is 1140. The second kappa shape index (κ2) is 9.16. The molecule has 0 saturated heterocycles. The van der Waals surface area contributed by atoms with Crippen molar-refractivity contribution < 1.29 is 13.9 Å². The molecule has 1 heterocycles. The number of rotatable bonds is 7. The van der Waals surface area contributed by atoms with Crippen molar-refractivity contribution in [2.45, 2.75) is 17.9 Å². The maximum atomic E-state index is 13.9. The Morgan fingerprint density at radius 3 is 2.03 bits per heavy atom. The first kappa shape index (κ1) is 21.5. The van der Waals surface area contributed by atoms with Crippen molar-refractivity contribution in [2.75, 3.05) is 7.11 Å². The molecule has 3 aromatic carbocycles. The number of nitrogens with zero attached hydrogens (tertiary/aromatic N) is 1. The summed E-state index contributed by atoms with van der Waals surface area (Å²) in [7, 11) is 1.31. The lowest BCUT2D eigenvalue weighted by atomic mass is 9.67. The second-order valence-electron chi connectivity index (χ2n) is 7.57. The van der Waals surface area contributed by atoms with Gasteiger partial charge in [-0.1, -0.05) is 72.8 Å². The molecule has 1 aromatic heterocycles. The number of hydrogen-bond donors (Lipinski definition) is 2. The predicted octanol–water partition coefficient (Wildman–Crippen LogP) is 3.97. The quantitative estimate of drug-likeness (QED) is 0.344. The Morgan fingerprint density at radius 2 is 1.50 bits per heavy atom. The highest BCUT2D eigenvalue weighted by molar-refractivity contribution is 5.75. The van der Waals surface area contributed by atoms with Gasteiger partial charge in [-0.3, -0.25) is 4.79 Å². The fraction of sp³-hybridized carbons (Fsp3) is 0.154. The number of carbonyl (C=O) groups is 1. The van der Waals surface area contributed by atoms with Crippen molar-refractivity contribution in [3.63, 3.8) is 0 Å². The highest BCUT2D eigenvalue weighted by atomic mass is 19.1. The van der Waals surface area contributed by atoms with E-state index in [1.807, 2.05) is 60.7 Å². The summed E-state index contributed by atoms with van der Waals surface area (Å²) < 4.78 is 18.6. The van der Waals surface area contributed by atoms with Gasteiger partial charge in [-0.15, -0.1) is 0 Å². The van der Waals surface area contributed by atoms with E-state index in [0.29, 0.717) is 5.82 Å². The molecule has 0 spiro atoms. The van der Waals surface area contributed by atoms with E-state index in [0.717, 1.165) is 22.4 Å². The van der Waals surface area contributed by atoms with Crippen LogP contribution in [0.25, 0.3) is 0 Å². The van der Waals surface area contributed by atoms with Crippen molar-refractivity contribution in [1.82, 2.24) is 9.97 Å². The van der Waals surface area contributed by atoms with Crippen LogP contribution in [-0.2, 0) is 21.4 Å². The number of aromatic amines is 1. The summed E-state index contributed by atoms with van der Waals surface area (Å²) in [5.41, 5.74) is 8.82. The normalized spacial score (nSPS) is 12.3. The van der Waals surface area contributed by atoms with Gasteiger partial charge >= 0.3 is 5.97 Å². The predicted molar refractivity (Wildman–Crippen MR) is 121 cm³/mol. The van der Waals surface area contributed by atoms with E-state index in [4.69, 9.17) is 10.5 Å². The standard InChI is InChI=1S/C26H24FN3O2/c1-32-25(31)22(28)16-24-29-17-23(30-24)26(18-8-4-2-5-9-18,19-10-6-3-7-11-19)20-12-14-21(27)15-13-20/h2-15,17,22H,16,28H2,1H3,(H,29,30). The van der Waals surface area contributed by atoms with Crippen LogP contribution >= 0.6 is 0 Å². The molecule has 6 heteroatoms. The summed E-state index contributed by atoms with van der Waals surface area (Å²) in [6.07, 6.45) is 1.96. The SMILES string of the molecule is COC(=O)C(N)Cc1ncc(C(c2ccccc2)(c2ccccc2)c2ccc(F)cc2)[nH]1. The van der Waals surface area contributed by atoms with Crippen LogP contribution in [0.4, 0.5) is 4.39 Å². The summed E-state index contributed by atoms with van der Waals surface area (Å²) in [4.78, 5) is 19.7. The van der Waals surface area contributed by atoms with Crippen LogP contribution in [0.1, 0.15) is 28.2 Å². The van der Waals surface area contributed by atoms with E-state index < -0.39 is 17.4 Å². The molecule has 0 saturated carbocycles. The van der Waals surface area contributed by atoms with E-state index in [1.54, 1.807) is 18.3 Å². The van der Waals surface area contributed by atoms with E-state index in [9.17, 15) is 9.18 Å². The molecule has 0 fully saturated rings. The number of esters is 1. The van der Waals surface area contributed by atoms with Crippen LogP contribution in [-0.4, -0.2) is 29.1 Å². The number of nitrogens with one attached hydrogen (secondary N) is 1. The Hall–Kier alpha value is -3.77. The van der Waals surface area contributed by atoms with E-state index in [2.05, 4.69) is 9.97 Å². The van der Waals surface area contributed by atoms with Gasteiger partial charge in [0.2, 0.25) is 0 Å². The van der Waals surface area contributed by atoms with Gasteiger partial charge in [-0.2, -0.15) is 0 Å². The number of H-pyrrole nitrogens is 1. The van der Waals surface area contributed by atoms with Crippen molar-refractivity contribution in [2.24, 2.45) is 5.73 Å². The molecule has 0 aliphatic heterocycles. The third kappa shape index (κ3) is 3.92. The summed E-state index contributed by atoms with van der Waals surface area (Å²) in [5, 5.41) is 0. The van der Waals surface area contributed by atoms with E-state index in [1.165, 1.54) is 19.2 Å². The number of aromatic nitrogens is 2. The Balaban J connectivity index is 1.94. The molecule has 1 unspecified atom stereocenters. The topological polar surface area (TPSA) is 81.0 Å². The Kier molecular flexibility index (Phi) is 6.14. The lowest BCUT2D eigenvalue weighted by molar-refractivity contribution is -0.142. The summed E-state index contributed by atoms with van der Waals surface area (Å²) in [6, 6.07) is 25.6. The third-order valence-corrected chi connectivity index (χ3v) is 5.64. The van der Waals surface area contributed by atoms with Gasteiger partial charge in [0.25, 0.3) is 0 Å². The zero-order valence-electron chi connectivity index (χ0n) is 17.7. The molecular formula is C26H24FN3O2. The molecular weight excluding hydrogens is 405 g/mol. The molecule has 0 bridgehead atoms. The Morgan fingerprint density at radius 1 is 0.969 bits per heavy atom. The van der Waals surface area contributed by atoms with Crippen LogP contribution in [0.5, 0.6) is 0 Å². The minimum Gasteiger partial charge on any atom is -0.468 e. The van der Waals surface area contributed by atoms with Crippen LogP contribution in [0.15, 0.2) is 91.1 Å². The molecule has 5 nitrogen and oxygen atoms in total. The number of nitrogens with two attached hydrogens (primary N) is 1. The zero-order chi connectivity index (χ0) is 22.6. The fourth-order valence-electron chi connectivity index (χ4n) is 4.14. The maximum absolute atomic E-state index is 13.9. The van der Waals surface area contributed by atoms with Crippen LogP contribution in [0.2, 0.25) is 0 Å². The lowest BCUT2D eigenvalue weighted by Crippen LogP contribution is -2.34. The molecule has 1 atom stereocenters. The maximum Gasteiger partial charge on any atom is 0.323 e. The molecule has 4 aromatic rings. The average Bonchev–Trinajstić information content (AvgIpc) is 3.30. The number of imidazole rings is 1. The summed E-state index contributed by atoms with van der Waals surface area (Å²) >= 11 is 0. The van der Waals surface area contributed by atoms with Crippen molar-refractivity contribution in [3.05, 3.63) is 125 Å². The minimum atomic E-state index is -0.826. The fourth-order valence-corrected chi connectivity index (χ4v) is 4.14. The highest BCUT2D eigenvalue weighted by Gasteiger charge is 2.40. The van der Waals surface area contributed by atoms with Gasteiger partial charge in [0, 0.05) is 12.6 Å². The molecule has 0 aliphatic carbocycles. The molecule has 3 N–H and O–H groups in total. The number of halogens is 1. The van der Waals surface area contributed by atoms with E-state index in [-0.39, 0.29) is 12.2 Å². The van der Waals surface area contributed by atoms with Gasteiger partial charge in [0.1, 0.15) is 17.7 Å². The molecule has 32 heavy (non-hydrogen) atoms. The van der Waals surface area contributed by atoms with Gasteiger partial charge < -0.3 is 15.5 Å². The number of hydrogen-bond acceptors (Lipinski definition) is 4. The third-order valence-electron chi connectivity index (χ3n) is 5.64. The number of methoxy groups -OCH3 is 1. The minimum absolute atomic E-state index is 0.204. The molecule has 0 aliphatic rings. The largest absolute Gasteiger partial charge is 0.468 e. The molecule has 162 valence electrons. The Labute approximate surface area is 186 Å². The smallest absolute Gasteiger partial charge is 0.323 e. The van der Waals surface area contributed by atoms with Gasteiger partial charge in [-0.05, 0) is 28.8 Å². The van der Waals surface area contributed by atoms with Gasteiger partial charge in [0.15, 0.2) is 0 Å². The van der Waals surface area contributed by atoms with Gasteiger partial charge in [-0.25, -0.2) is 9.37 Å². The highest BCUT2D eigenvalue weighted by Crippen LogP contribution is 2.44.